The number of unbranched alkanes of at least 4 members (excludes halogenated alkanes) is 1. The number of carbonyl (C=O) groups is 1. The summed E-state index contributed by atoms with van der Waals surface area (Å²) in [6.45, 7) is 4.52. The summed E-state index contributed by atoms with van der Waals surface area (Å²) in [5, 5.41) is 5.15. The molecular formula is C12H18N4O3. The maximum absolute atomic E-state index is 11.3. The SMILES string of the molecule is C=CCNC(=O)NCC(CCCCN=C=O)N=C=O. The number of carbonyl (C=O) groups excluding carboxylic acids is 3. The Morgan fingerprint density at radius 3 is 2.68 bits per heavy atom. The molecule has 0 aromatic rings. The van der Waals surface area contributed by atoms with E-state index in [1.165, 1.54) is 12.2 Å². The topological polar surface area (TPSA) is 100.0 Å². The predicted octanol–water partition coefficient (Wildman–Crippen LogP) is 0.682. The first kappa shape index (κ1) is 16.8. The third-order valence-electron chi connectivity index (χ3n) is 2.26. The van der Waals surface area contributed by atoms with Crippen molar-refractivity contribution in [2.75, 3.05) is 19.6 Å². The summed E-state index contributed by atoms with van der Waals surface area (Å²) in [6, 6.07) is -0.649. The minimum atomic E-state index is -0.337. The van der Waals surface area contributed by atoms with E-state index < -0.39 is 0 Å². The van der Waals surface area contributed by atoms with E-state index >= 15 is 0 Å². The molecule has 1 atom stereocenters. The van der Waals surface area contributed by atoms with Crippen molar-refractivity contribution >= 4 is 18.2 Å². The van der Waals surface area contributed by atoms with Crippen molar-refractivity contribution in [3.8, 4) is 0 Å². The van der Waals surface area contributed by atoms with Crippen molar-refractivity contribution in [3.05, 3.63) is 12.7 Å². The summed E-state index contributed by atoms with van der Waals surface area (Å²) in [7, 11) is 0. The van der Waals surface area contributed by atoms with Crippen molar-refractivity contribution in [1.29, 1.82) is 0 Å². The minimum absolute atomic E-state index is 0.259. The lowest BCUT2D eigenvalue weighted by molar-refractivity contribution is 0.241. The number of nitrogens with zero attached hydrogens (tertiary/aromatic N) is 2. The second kappa shape index (κ2) is 12.2. The van der Waals surface area contributed by atoms with Crippen LogP contribution in [0.25, 0.3) is 0 Å². The second-order valence-corrected chi connectivity index (χ2v) is 3.72. The van der Waals surface area contributed by atoms with Gasteiger partial charge >= 0.3 is 6.03 Å². The monoisotopic (exact) mass is 266 g/mol. The number of amides is 2. The molecule has 2 N–H and O–H groups in total. The molecule has 0 heterocycles. The van der Waals surface area contributed by atoms with E-state index in [1.807, 2.05) is 0 Å². The molecule has 0 aliphatic carbocycles. The predicted molar refractivity (Wildman–Crippen MR) is 70.3 cm³/mol. The van der Waals surface area contributed by atoms with Gasteiger partial charge in [-0.3, -0.25) is 0 Å². The largest absolute Gasteiger partial charge is 0.336 e. The van der Waals surface area contributed by atoms with Crippen molar-refractivity contribution in [1.82, 2.24) is 10.6 Å². The molecule has 7 heteroatoms. The first-order chi connectivity index (χ1) is 9.24. The highest BCUT2D eigenvalue weighted by molar-refractivity contribution is 5.73. The fourth-order valence-corrected chi connectivity index (χ4v) is 1.34. The lowest BCUT2D eigenvalue weighted by Gasteiger charge is -2.11. The molecule has 19 heavy (non-hydrogen) atoms. The average Bonchev–Trinajstić information content (AvgIpc) is 2.42. The molecule has 1 unspecified atom stereocenters. The Hall–Kier alpha value is -2.23. The van der Waals surface area contributed by atoms with Gasteiger partial charge < -0.3 is 10.6 Å². The summed E-state index contributed by atoms with van der Waals surface area (Å²) in [6.07, 6.45) is 6.58. The van der Waals surface area contributed by atoms with E-state index in [-0.39, 0.29) is 18.6 Å². The Kier molecular flexibility index (Phi) is 10.8. The smallest absolute Gasteiger partial charge is 0.315 e. The zero-order chi connectivity index (χ0) is 14.3. The van der Waals surface area contributed by atoms with Crippen molar-refractivity contribution < 1.29 is 14.4 Å². The Labute approximate surface area is 111 Å². The van der Waals surface area contributed by atoms with Crippen LogP contribution in [0.15, 0.2) is 22.6 Å². The zero-order valence-electron chi connectivity index (χ0n) is 10.7. The molecule has 0 rings (SSSR count). The van der Waals surface area contributed by atoms with E-state index in [9.17, 15) is 14.4 Å². The molecule has 104 valence electrons. The molecule has 0 spiro atoms. The van der Waals surface area contributed by atoms with Gasteiger partial charge in [-0.25, -0.2) is 24.4 Å². The zero-order valence-corrected chi connectivity index (χ0v) is 10.7. The van der Waals surface area contributed by atoms with Gasteiger partial charge in [0.05, 0.1) is 12.6 Å². The van der Waals surface area contributed by atoms with Gasteiger partial charge in [-0.15, -0.1) is 6.58 Å². The standard InChI is InChI=1S/C12H18N4O3/c1-2-6-14-12(19)15-8-11(16-10-18)5-3-4-7-13-9-17/h2,11H,1,3-8H2,(H2,14,15,19). The van der Waals surface area contributed by atoms with E-state index in [2.05, 4.69) is 27.2 Å². The van der Waals surface area contributed by atoms with Crippen LogP contribution >= 0.6 is 0 Å². The summed E-state index contributed by atoms with van der Waals surface area (Å²) in [5.41, 5.74) is 0. The summed E-state index contributed by atoms with van der Waals surface area (Å²) in [4.78, 5) is 38.4. The lowest BCUT2D eigenvalue weighted by atomic mass is 10.1. The van der Waals surface area contributed by atoms with E-state index in [0.29, 0.717) is 25.9 Å². The molecule has 0 saturated heterocycles. The maximum Gasteiger partial charge on any atom is 0.315 e. The van der Waals surface area contributed by atoms with Crippen LogP contribution in [-0.2, 0) is 9.59 Å². The molecule has 0 fully saturated rings. The quantitative estimate of drug-likeness (QED) is 0.263. The molecule has 0 aliphatic rings. The number of rotatable bonds is 10. The first-order valence-electron chi connectivity index (χ1n) is 5.97. The molecule has 0 aromatic heterocycles. The Balaban J connectivity index is 3.91. The van der Waals surface area contributed by atoms with Crippen molar-refractivity contribution in [3.63, 3.8) is 0 Å². The van der Waals surface area contributed by atoms with Gasteiger partial charge in [-0.05, 0) is 19.3 Å². The van der Waals surface area contributed by atoms with E-state index in [1.54, 1.807) is 6.08 Å². The molecule has 7 nitrogen and oxygen atoms in total. The van der Waals surface area contributed by atoms with Gasteiger partial charge in [-0.1, -0.05) is 6.08 Å². The highest BCUT2D eigenvalue weighted by Crippen LogP contribution is 2.03. The minimum Gasteiger partial charge on any atom is -0.336 e. The third kappa shape index (κ3) is 10.6. The van der Waals surface area contributed by atoms with Gasteiger partial charge in [0, 0.05) is 13.1 Å². The van der Waals surface area contributed by atoms with Gasteiger partial charge in [0.2, 0.25) is 12.2 Å². The van der Waals surface area contributed by atoms with Gasteiger partial charge in [0.15, 0.2) is 0 Å². The molecule has 0 bridgehead atoms. The van der Waals surface area contributed by atoms with Gasteiger partial charge in [0.1, 0.15) is 0 Å². The van der Waals surface area contributed by atoms with Crippen molar-refractivity contribution in [2.24, 2.45) is 9.98 Å². The van der Waals surface area contributed by atoms with Crippen LogP contribution < -0.4 is 10.6 Å². The lowest BCUT2D eigenvalue weighted by Crippen LogP contribution is -2.39. The highest BCUT2D eigenvalue weighted by atomic mass is 16.2. The summed E-state index contributed by atoms with van der Waals surface area (Å²) < 4.78 is 0. The fraction of sp³-hybridized carbons (Fsp3) is 0.583. The number of urea groups is 1. The van der Waals surface area contributed by atoms with Crippen LogP contribution in [0.3, 0.4) is 0 Å². The number of nitrogens with one attached hydrogen (secondary N) is 2. The maximum atomic E-state index is 11.3. The third-order valence-corrected chi connectivity index (χ3v) is 2.26. The van der Waals surface area contributed by atoms with Gasteiger partial charge in [0.25, 0.3) is 0 Å². The Morgan fingerprint density at radius 2 is 2.05 bits per heavy atom. The van der Waals surface area contributed by atoms with Crippen LogP contribution in [0.1, 0.15) is 19.3 Å². The van der Waals surface area contributed by atoms with E-state index in [0.717, 1.165) is 6.42 Å². The number of hydrogen-bond donors (Lipinski definition) is 2. The highest BCUT2D eigenvalue weighted by Gasteiger charge is 2.08. The fourth-order valence-electron chi connectivity index (χ4n) is 1.34. The molecular weight excluding hydrogens is 248 g/mol. The number of aliphatic imine (C=N–C) groups is 2. The molecule has 0 aromatic carbocycles. The normalized spacial score (nSPS) is 10.5. The molecule has 0 saturated carbocycles. The first-order valence-corrected chi connectivity index (χ1v) is 5.97. The number of hydrogen-bond acceptors (Lipinski definition) is 5. The Bertz CT molecular complexity index is 371. The summed E-state index contributed by atoms with van der Waals surface area (Å²) >= 11 is 0. The molecule has 0 radical (unpaired) electrons. The Morgan fingerprint density at radius 1 is 1.26 bits per heavy atom. The van der Waals surface area contributed by atoms with Crippen LogP contribution in [0, 0.1) is 0 Å². The van der Waals surface area contributed by atoms with Crippen molar-refractivity contribution in [2.45, 2.75) is 25.3 Å². The van der Waals surface area contributed by atoms with E-state index in [4.69, 9.17) is 0 Å². The molecule has 0 aliphatic heterocycles. The van der Waals surface area contributed by atoms with Crippen LogP contribution in [-0.4, -0.2) is 43.9 Å². The average molecular weight is 266 g/mol. The van der Waals surface area contributed by atoms with Gasteiger partial charge in [-0.2, -0.15) is 0 Å². The van der Waals surface area contributed by atoms with Crippen LogP contribution in [0.4, 0.5) is 4.79 Å². The number of isocyanates is 2. The van der Waals surface area contributed by atoms with Crippen LogP contribution in [0.5, 0.6) is 0 Å². The molecule has 2 amide bonds. The summed E-state index contributed by atoms with van der Waals surface area (Å²) in [5.74, 6) is 0. The second-order valence-electron chi connectivity index (χ2n) is 3.72. The van der Waals surface area contributed by atoms with Crippen LogP contribution in [0.2, 0.25) is 0 Å².